The van der Waals surface area contributed by atoms with Gasteiger partial charge in [-0.25, -0.2) is 0 Å². The molecule has 0 unspecified atom stereocenters. The van der Waals surface area contributed by atoms with Crippen molar-refractivity contribution in [2.24, 2.45) is 5.92 Å². The van der Waals surface area contributed by atoms with Gasteiger partial charge in [-0.05, 0) is 19.1 Å². The fourth-order valence-corrected chi connectivity index (χ4v) is 1.53. The lowest BCUT2D eigenvalue weighted by Gasteiger charge is -2.14. The zero-order valence-electron chi connectivity index (χ0n) is 10.0. The van der Waals surface area contributed by atoms with Gasteiger partial charge >= 0.3 is 0 Å². The molecule has 0 bridgehead atoms. The molecular weight excluding hydrogens is 240 g/mol. The SMILES string of the molecule is CC(C)C(=O)[C@H](C)NC(=O)c1cc(Cl)ccn1. The second-order valence-electron chi connectivity index (χ2n) is 4.11. The van der Waals surface area contributed by atoms with Gasteiger partial charge in [-0.3, -0.25) is 14.6 Å². The molecule has 1 amide bonds. The molecule has 1 heterocycles. The van der Waals surface area contributed by atoms with Crippen LogP contribution in [-0.4, -0.2) is 22.7 Å². The molecule has 0 saturated carbocycles. The maximum atomic E-state index is 11.7. The second-order valence-corrected chi connectivity index (χ2v) is 4.55. The number of rotatable bonds is 4. The number of carbonyl (C=O) groups is 2. The minimum absolute atomic E-state index is 0.0135. The predicted octanol–water partition coefficient (Wildman–Crippen LogP) is 2.08. The minimum atomic E-state index is -0.525. The monoisotopic (exact) mass is 254 g/mol. The largest absolute Gasteiger partial charge is 0.341 e. The Morgan fingerprint density at radius 3 is 2.53 bits per heavy atom. The van der Waals surface area contributed by atoms with Crippen LogP contribution in [0.3, 0.4) is 0 Å². The average Bonchev–Trinajstić information content (AvgIpc) is 2.27. The van der Waals surface area contributed by atoms with Crippen LogP contribution in [0.1, 0.15) is 31.3 Å². The van der Waals surface area contributed by atoms with Gasteiger partial charge in [0.1, 0.15) is 5.69 Å². The molecule has 5 heteroatoms. The average molecular weight is 255 g/mol. The maximum absolute atomic E-state index is 11.7. The Labute approximate surface area is 105 Å². The molecule has 1 N–H and O–H groups in total. The fourth-order valence-electron chi connectivity index (χ4n) is 1.37. The predicted molar refractivity (Wildman–Crippen MR) is 66.0 cm³/mol. The number of hydrogen-bond donors (Lipinski definition) is 1. The first kappa shape index (κ1) is 13.6. The Morgan fingerprint density at radius 1 is 1.35 bits per heavy atom. The summed E-state index contributed by atoms with van der Waals surface area (Å²) >= 11 is 5.75. The normalized spacial score (nSPS) is 12.3. The Balaban J connectivity index is 2.70. The molecule has 0 spiro atoms. The van der Waals surface area contributed by atoms with E-state index >= 15 is 0 Å². The zero-order chi connectivity index (χ0) is 13.0. The first-order valence-electron chi connectivity index (χ1n) is 5.38. The third kappa shape index (κ3) is 3.82. The van der Waals surface area contributed by atoms with Gasteiger partial charge in [0.25, 0.3) is 5.91 Å². The highest BCUT2D eigenvalue weighted by atomic mass is 35.5. The van der Waals surface area contributed by atoms with E-state index in [4.69, 9.17) is 11.6 Å². The molecule has 1 aromatic heterocycles. The van der Waals surface area contributed by atoms with Crippen LogP contribution in [0.25, 0.3) is 0 Å². The molecule has 92 valence electrons. The lowest BCUT2D eigenvalue weighted by atomic mass is 10.0. The number of ketones is 1. The number of hydrogen-bond acceptors (Lipinski definition) is 3. The van der Waals surface area contributed by atoms with Crippen molar-refractivity contribution in [2.45, 2.75) is 26.8 Å². The van der Waals surface area contributed by atoms with Gasteiger partial charge in [0, 0.05) is 17.1 Å². The van der Waals surface area contributed by atoms with Gasteiger partial charge in [0.2, 0.25) is 0 Å². The Morgan fingerprint density at radius 2 is 2.00 bits per heavy atom. The van der Waals surface area contributed by atoms with Crippen molar-refractivity contribution in [1.82, 2.24) is 10.3 Å². The van der Waals surface area contributed by atoms with Crippen LogP contribution in [0.5, 0.6) is 0 Å². The van der Waals surface area contributed by atoms with E-state index in [2.05, 4.69) is 10.3 Å². The van der Waals surface area contributed by atoms with Crippen molar-refractivity contribution >= 4 is 23.3 Å². The molecule has 1 rings (SSSR count). The molecule has 0 aliphatic heterocycles. The molecule has 1 atom stereocenters. The summed E-state index contributed by atoms with van der Waals surface area (Å²) < 4.78 is 0. The molecule has 0 aliphatic rings. The molecule has 1 aromatic rings. The number of carbonyl (C=O) groups excluding carboxylic acids is 2. The summed E-state index contributed by atoms with van der Waals surface area (Å²) in [6.45, 7) is 5.25. The van der Waals surface area contributed by atoms with E-state index in [1.807, 2.05) is 0 Å². The van der Waals surface area contributed by atoms with Gasteiger partial charge in [-0.2, -0.15) is 0 Å². The van der Waals surface area contributed by atoms with Crippen LogP contribution in [-0.2, 0) is 4.79 Å². The van der Waals surface area contributed by atoms with Crippen molar-refractivity contribution in [1.29, 1.82) is 0 Å². The van der Waals surface area contributed by atoms with Crippen molar-refractivity contribution < 1.29 is 9.59 Å². The van der Waals surface area contributed by atoms with Crippen molar-refractivity contribution in [3.63, 3.8) is 0 Å². The molecule has 0 aliphatic carbocycles. The topological polar surface area (TPSA) is 59.1 Å². The van der Waals surface area contributed by atoms with E-state index in [-0.39, 0.29) is 17.4 Å². The van der Waals surface area contributed by atoms with Crippen LogP contribution >= 0.6 is 11.6 Å². The van der Waals surface area contributed by atoms with Crippen LogP contribution in [0.2, 0.25) is 5.02 Å². The molecular formula is C12H15ClN2O2. The van der Waals surface area contributed by atoms with E-state index in [0.717, 1.165) is 0 Å². The highest BCUT2D eigenvalue weighted by Crippen LogP contribution is 2.08. The minimum Gasteiger partial charge on any atom is -0.341 e. The Hall–Kier alpha value is -1.42. The second kappa shape index (κ2) is 5.77. The number of Topliss-reactive ketones (excluding diaryl/α,β-unsaturated/α-hetero) is 1. The van der Waals surface area contributed by atoms with Gasteiger partial charge in [0.05, 0.1) is 6.04 Å². The van der Waals surface area contributed by atoms with Crippen molar-refractivity contribution in [3.05, 3.63) is 29.0 Å². The van der Waals surface area contributed by atoms with E-state index in [1.54, 1.807) is 26.8 Å². The van der Waals surface area contributed by atoms with Crippen LogP contribution in [0, 0.1) is 5.92 Å². The van der Waals surface area contributed by atoms with E-state index in [0.29, 0.717) is 5.02 Å². The summed E-state index contributed by atoms with van der Waals surface area (Å²) in [6.07, 6.45) is 1.45. The van der Waals surface area contributed by atoms with Gasteiger partial charge in [0.15, 0.2) is 5.78 Å². The zero-order valence-corrected chi connectivity index (χ0v) is 10.8. The van der Waals surface area contributed by atoms with Crippen LogP contribution in [0.15, 0.2) is 18.3 Å². The molecule has 17 heavy (non-hydrogen) atoms. The number of halogens is 1. The van der Waals surface area contributed by atoms with E-state index in [9.17, 15) is 9.59 Å². The van der Waals surface area contributed by atoms with Crippen LogP contribution in [0.4, 0.5) is 0 Å². The van der Waals surface area contributed by atoms with Crippen molar-refractivity contribution in [3.8, 4) is 0 Å². The summed E-state index contributed by atoms with van der Waals surface area (Å²) in [5.74, 6) is -0.521. The molecule has 0 saturated heterocycles. The third-order valence-corrected chi connectivity index (χ3v) is 2.53. The van der Waals surface area contributed by atoms with Gasteiger partial charge < -0.3 is 5.32 Å². The quantitative estimate of drug-likeness (QED) is 0.895. The third-order valence-electron chi connectivity index (χ3n) is 2.30. The Bertz CT molecular complexity index is 432. The molecule has 4 nitrogen and oxygen atoms in total. The summed E-state index contributed by atoms with van der Waals surface area (Å²) in [7, 11) is 0. The molecule has 0 radical (unpaired) electrons. The molecule has 0 fully saturated rings. The number of amides is 1. The fraction of sp³-hybridized carbons (Fsp3) is 0.417. The van der Waals surface area contributed by atoms with Crippen LogP contribution < -0.4 is 5.32 Å². The highest BCUT2D eigenvalue weighted by molar-refractivity contribution is 6.30. The highest BCUT2D eigenvalue weighted by Gasteiger charge is 2.19. The summed E-state index contributed by atoms with van der Waals surface area (Å²) in [5, 5.41) is 3.03. The van der Waals surface area contributed by atoms with Gasteiger partial charge in [-0.15, -0.1) is 0 Å². The maximum Gasteiger partial charge on any atom is 0.270 e. The summed E-state index contributed by atoms with van der Waals surface area (Å²) in [4.78, 5) is 27.3. The Kier molecular flexibility index (Phi) is 4.63. The number of nitrogens with zero attached hydrogens (tertiary/aromatic N) is 1. The lowest BCUT2D eigenvalue weighted by molar-refractivity contribution is -0.123. The number of aromatic nitrogens is 1. The molecule has 0 aromatic carbocycles. The number of pyridine rings is 1. The first-order chi connectivity index (χ1) is 7.91. The lowest BCUT2D eigenvalue weighted by Crippen LogP contribution is -2.40. The van der Waals surface area contributed by atoms with E-state index in [1.165, 1.54) is 12.3 Å². The standard InChI is InChI=1S/C12H15ClN2O2/c1-7(2)11(16)8(3)15-12(17)10-6-9(13)4-5-14-10/h4-8H,1-3H3,(H,15,17)/t8-/m0/s1. The smallest absolute Gasteiger partial charge is 0.270 e. The van der Waals surface area contributed by atoms with E-state index < -0.39 is 11.9 Å². The van der Waals surface area contributed by atoms with Crippen molar-refractivity contribution in [2.75, 3.05) is 0 Å². The summed E-state index contributed by atoms with van der Waals surface area (Å²) in [6, 6.07) is 2.52. The number of nitrogens with one attached hydrogen (secondary N) is 1. The summed E-state index contributed by atoms with van der Waals surface area (Å²) in [5.41, 5.74) is 0.209. The first-order valence-corrected chi connectivity index (χ1v) is 5.75. The van der Waals surface area contributed by atoms with Gasteiger partial charge in [-0.1, -0.05) is 25.4 Å².